The van der Waals surface area contributed by atoms with E-state index >= 15 is 0 Å². The van der Waals surface area contributed by atoms with E-state index in [0.717, 1.165) is 0 Å². The van der Waals surface area contributed by atoms with Crippen LogP contribution in [0, 0.1) is 5.92 Å². The molecular weight excluding hydrogens is 618 g/mol. The smallest absolute Gasteiger partial charge is 0.330 e. The monoisotopic (exact) mass is 665 g/mol. The molecule has 0 unspecified atom stereocenters. The lowest BCUT2D eigenvalue weighted by Gasteiger charge is -2.45. The van der Waals surface area contributed by atoms with Crippen LogP contribution >= 0.6 is 0 Å². The predicted octanol–water partition coefficient (Wildman–Crippen LogP) is 0.120. The molecule has 4 aliphatic rings. The van der Waals surface area contributed by atoms with Crippen molar-refractivity contribution in [1.82, 2.24) is 0 Å². The van der Waals surface area contributed by atoms with Crippen LogP contribution in [0.1, 0.15) is 46.0 Å². The molecule has 0 saturated carbocycles. The van der Waals surface area contributed by atoms with Gasteiger partial charge in [0.2, 0.25) is 0 Å². The molecule has 4 aliphatic heterocycles. The van der Waals surface area contributed by atoms with Crippen LogP contribution in [-0.4, -0.2) is 122 Å². The number of cyclic esters (lactones) is 1. The van der Waals surface area contributed by atoms with Crippen molar-refractivity contribution < 1.29 is 63.9 Å². The molecule has 3 saturated heterocycles. The van der Waals surface area contributed by atoms with Crippen molar-refractivity contribution in [2.75, 3.05) is 0 Å². The average Bonchev–Trinajstić information content (AvgIpc) is 3.72. The number of hydrogen-bond acceptors (Lipinski definition) is 13. The van der Waals surface area contributed by atoms with Crippen LogP contribution in [-0.2, 0) is 33.3 Å². The number of aliphatic carboxylic acids is 1. The number of esters is 1. The number of aliphatic hydroxyl groups is 5. The lowest BCUT2D eigenvalue weighted by atomic mass is 9.83. The standard InChI is InChI=1S/C33H47NO13/c1-18-10-8-6-4-3-5-7-9-11-21(45-32-30(39)28(34)29(38)19(2)44-32)15-25-27(31(40)41)22(36)17-33(42,47-25)16-20(35)14-24-23(46-24)12-13-26(37)43-18/h3-9,11-13,18-25,27-30,32,35-36,38-39,42H,10,14-17,34H2,1-2H3,(H,40,41)/b4-3+,7-5+,8-6+,11-9+,13-12+/t18-,19-,20+,21+,22-,23-,24-,25+,27-,28+,29-,30+,32+,33-/m1/s1. The van der Waals surface area contributed by atoms with Crippen molar-refractivity contribution in [3.63, 3.8) is 0 Å². The largest absolute Gasteiger partial charge is 0.481 e. The first-order chi connectivity index (χ1) is 22.3. The Morgan fingerprint density at radius 2 is 1.64 bits per heavy atom. The van der Waals surface area contributed by atoms with Gasteiger partial charge in [-0.3, -0.25) is 4.79 Å². The minimum absolute atomic E-state index is 0.0789. The first-order valence-corrected chi connectivity index (χ1v) is 15.9. The lowest BCUT2D eigenvalue weighted by Crippen LogP contribution is -2.61. The molecule has 14 heteroatoms. The Kier molecular flexibility index (Phi) is 13.1. The van der Waals surface area contributed by atoms with Crippen molar-refractivity contribution in [3.8, 4) is 0 Å². The van der Waals surface area contributed by atoms with Crippen LogP contribution in [0.2, 0.25) is 0 Å². The molecule has 4 rings (SSSR count). The molecule has 0 spiro atoms. The highest BCUT2D eigenvalue weighted by Crippen LogP contribution is 2.39. The van der Waals surface area contributed by atoms with Gasteiger partial charge in [-0.05, 0) is 19.9 Å². The second kappa shape index (κ2) is 16.6. The molecule has 0 aromatic heterocycles. The van der Waals surface area contributed by atoms with Crippen molar-refractivity contribution >= 4 is 11.9 Å². The van der Waals surface area contributed by atoms with Crippen LogP contribution in [0.3, 0.4) is 0 Å². The maximum absolute atomic E-state index is 12.3. The molecule has 0 aliphatic carbocycles. The van der Waals surface area contributed by atoms with Gasteiger partial charge in [0.25, 0.3) is 0 Å². The number of aliphatic hydroxyl groups excluding tert-OH is 4. The first-order valence-electron chi connectivity index (χ1n) is 15.9. The van der Waals surface area contributed by atoms with Crippen molar-refractivity contribution in [3.05, 3.63) is 60.8 Å². The maximum atomic E-state index is 12.3. The number of hydrogen-bond donors (Lipinski definition) is 7. The molecule has 4 heterocycles. The maximum Gasteiger partial charge on any atom is 0.330 e. The summed E-state index contributed by atoms with van der Waals surface area (Å²) in [5, 5.41) is 63.9. The second-order valence-corrected chi connectivity index (χ2v) is 12.6. The predicted molar refractivity (Wildman–Crippen MR) is 165 cm³/mol. The number of nitrogens with two attached hydrogens (primary N) is 1. The zero-order valence-corrected chi connectivity index (χ0v) is 26.4. The summed E-state index contributed by atoms with van der Waals surface area (Å²) in [5.41, 5.74) is 5.98. The molecule has 0 aromatic carbocycles. The summed E-state index contributed by atoms with van der Waals surface area (Å²) < 4.78 is 28.5. The fourth-order valence-electron chi connectivity index (χ4n) is 6.00. The third-order valence-corrected chi connectivity index (χ3v) is 8.58. The summed E-state index contributed by atoms with van der Waals surface area (Å²) in [6.07, 6.45) is 5.25. The first kappa shape index (κ1) is 37.1. The van der Waals surface area contributed by atoms with Gasteiger partial charge >= 0.3 is 11.9 Å². The van der Waals surface area contributed by atoms with Gasteiger partial charge in [0.1, 0.15) is 24.2 Å². The number of ether oxygens (including phenoxy) is 5. The van der Waals surface area contributed by atoms with E-state index in [2.05, 4.69) is 0 Å². The topological polar surface area (TPSA) is 231 Å². The molecule has 0 amide bonds. The van der Waals surface area contributed by atoms with E-state index in [4.69, 9.17) is 29.4 Å². The third kappa shape index (κ3) is 10.6. The highest BCUT2D eigenvalue weighted by Gasteiger charge is 2.51. The molecule has 14 nitrogen and oxygen atoms in total. The molecule has 14 atom stereocenters. The lowest BCUT2D eigenvalue weighted by molar-refractivity contribution is -0.308. The van der Waals surface area contributed by atoms with Gasteiger partial charge in [0.05, 0.1) is 48.8 Å². The Morgan fingerprint density at radius 3 is 2.36 bits per heavy atom. The van der Waals surface area contributed by atoms with Gasteiger partial charge in [0.15, 0.2) is 12.1 Å². The number of fused-ring (bicyclic) bond motifs is 3. The van der Waals surface area contributed by atoms with Crippen molar-refractivity contribution in [2.45, 2.75) is 125 Å². The summed E-state index contributed by atoms with van der Waals surface area (Å²) in [7, 11) is 0. The fourth-order valence-corrected chi connectivity index (χ4v) is 6.00. The molecule has 262 valence electrons. The molecule has 0 aromatic rings. The number of carboxylic acid groups (broad SMARTS) is 1. The number of carbonyl (C=O) groups excluding carboxylic acids is 1. The zero-order chi connectivity index (χ0) is 34.3. The minimum atomic E-state index is -2.10. The van der Waals surface area contributed by atoms with Gasteiger partial charge in [-0.25, -0.2) is 4.79 Å². The number of carbonyl (C=O) groups is 2. The van der Waals surface area contributed by atoms with Crippen LogP contribution in [0.4, 0.5) is 0 Å². The molecule has 3 fully saturated rings. The van der Waals surface area contributed by atoms with E-state index in [1.165, 1.54) is 12.2 Å². The molecular formula is C33H47NO13. The van der Waals surface area contributed by atoms with Crippen molar-refractivity contribution in [1.29, 1.82) is 0 Å². The summed E-state index contributed by atoms with van der Waals surface area (Å²) in [5.74, 6) is -5.45. The van der Waals surface area contributed by atoms with E-state index in [1.807, 2.05) is 6.08 Å². The van der Waals surface area contributed by atoms with Crippen molar-refractivity contribution in [2.24, 2.45) is 11.7 Å². The minimum Gasteiger partial charge on any atom is -0.481 e. The Balaban J connectivity index is 1.58. The quantitative estimate of drug-likeness (QED) is 0.157. The molecule has 0 radical (unpaired) electrons. The highest BCUT2D eigenvalue weighted by atomic mass is 16.7. The summed E-state index contributed by atoms with van der Waals surface area (Å²) in [6.45, 7) is 3.34. The number of epoxide rings is 1. The number of rotatable bonds is 3. The van der Waals surface area contributed by atoms with Crippen LogP contribution in [0.15, 0.2) is 60.8 Å². The number of carboxylic acids is 1. The van der Waals surface area contributed by atoms with E-state index < -0.39 is 97.3 Å². The van der Waals surface area contributed by atoms with E-state index in [0.29, 0.717) is 6.42 Å². The second-order valence-electron chi connectivity index (χ2n) is 12.6. The highest BCUT2D eigenvalue weighted by molar-refractivity contribution is 5.82. The molecule has 47 heavy (non-hydrogen) atoms. The van der Waals surface area contributed by atoms with Gasteiger partial charge in [0, 0.05) is 38.2 Å². The summed E-state index contributed by atoms with van der Waals surface area (Å²) >= 11 is 0. The normalized spacial score (nSPS) is 47.2. The van der Waals surface area contributed by atoms with Gasteiger partial charge in [-0.2, -0.15) is 0 Å². The SMILES string of the molecule is C[C@@H]1C/C=C/C=C/C=C/C=C/[C@H](O[C@@H]2O[C@H](C)[C@@H](O)[C@H](N)[C@@H]2O)C[C@@H]2O[C@](O)(C[C@@H](O)C[C@H]3O[C@@H]3/C=C/C(=O)O1)C[C@@H](O)[C@H]2C(=O)O. The van der Waals surface area contributed by atoms with Crippen LogP contribution in [0.25, 0.3) is 0 Å². The fraction of sp³-hybridized carbons (Fsp3) is 0.636. The molecule has 2 bridgehead atoms. The zero-order valence-electron chi connectivity index (χ0n) is 26.4. The summed E-state index contributed by atoms with van der Waals surface area (Å²) in [4.78, 5) is 24.4. The summed E-state index contributed by atoms with van der Waals surface area (Å²) in [6, 6.07) is -1.08. The molecule has 8 N–H and O–H groups in total. The van der Waals surface area contributed by atoms with E-state index in [-0.39, 0.29) is 25.4 Å². The third-order valence-electron chi connectivity index (χ3n) is 8.58. The average molecular weight is 666 g/mol. The van der Waals surface area contributed by atoms with Gasteiger partial charge < -0.3 is 60.1 Å². The van der Waals surface area contributed by atoms with Crippen LogP contribution < -0.4 is 5.73 Å². The van der Waals surface area contributed by atoms with E-state index in [1.54, 1.807) is 56.4 Å². The van der Waals surface area contributed by atoms with E-state index in [9.17, 15) is 40.2 Å². The Morgan fingerprint density at radius 1 is 0.936 bits per heavy atom. The van der Waals surface area contributed by atoms with Crippen LogP contribution in [0.5, 0.6) is 0 Å². The van der Waals surface area contributed by atoms with Gasteiger partial charge in [-0.15, -0.1) is 0 Å². The Bertz CT molecular complexity index is 1220. The Hall–Kier alpha value is -2.76. The van der Waals surface area contributed by atoms with Gasteiger partial charge in [-0.1, -0.05) is 48.6 Å². The number of allylic oxidation sites excluding steroid dienone is 6. The Labute approximate surface area is 273 Å².